The van der Waals surface area contributed by atoms with Gasteiger partial charge in [-0.25, -0.2) is 9.88 Å². The Bertz CT molecular complexity index is 1870. The summed E-state index contributed by atoms with van der Waals surface area (Å²) in [5, 5.41) is 11.8. The number of aliphatic hydroxyl groups is 1. The van der Waals surface area contributed by atoms with Crippen molar-refractivity contribution in [2.75, 3.05) is 4.90 Å². The van der Waals surface area contributed by atoms with Gasteiger partial charge in [0.2, 0.25) is 12.2 Å². The number of allylic oxidation sites excluding steroid dienone is 1. The minimum Gasteiger partial charge on any atom is -0.506 e. The van der Waals surface area contributed by atoms with Crippen molar-refractivity contribution in [3.8, 4) is 0 Å². The maximum atomic E-state index is 13.6. The van der Waals surface area contributed by atoms with Crippen LogP contribution in [0.1, 0.15) is 32.0 Å². The van der Waals surface area contributed by atoms with Crippen LogP contribution in [-0.4, -0.2) is 28.2 Å². The van der Waals surface area contributed by atoms with Gasteiger partial charge in [0.05, 0.1) is 33.6 Å². The number of aromatic nitrogens is 1. The lowest BCUT2D eigenvalue weighted by Crippen LogP contribution is -2.30. The van der Waals surface area contributed by atoms with Crippen molar-refractivity contribution < 1.29 is 19.5 Å². The highest BCUT2D eigenvalue weighted by Crippen LogP contribution is 2.50. The first kappa shape index (κ1) is 30.7. The third-order valence-electron chi connectivity index (χ3n) is 6.07. The quantitative estimate of drug-likeness (QED) is 0.125. The van der Waals surface area contributed by atoms with Gasteiger partial charge in [-0.3, -0.25) is 14.4 Å². The number of benzene rings is 3. The number of aliphatic hydroxyl groups excluding tert-OH is 1. The Kier molecular flexibility index (Phi) is 9.01. The summed E-state index contributed by atoms with van der Waals surface area (Å²) in [6.45, 7) is 0. The van der Waals surface area contributed by atoms with Gasteiger partial charge in [-0.15, -0.1) is 0 Å². The Labute approximate surface area is 294 Å². The van der Waals surface area contributed by atoms with E-state index in [1.54, 1.807) is 36.4 Å². The van der Waals surface area contributed by atoms with Gasteiger partial charge in [-0.1, -0.05) is 18.2 Å². The number of imide groups is 1. The molecule has 1 aliphatic carbocycles. The largest absolute Gasteiger partial charge is 0.506 e. The standard InChI is InChI=1S/C26H8Br8N2O4/c27-10-6-9(16(28)20(32)17(10)29)26(40)36(7-37)12-3-1-2-8-4-5-11(35-23(8)12)13-24(38)14-15(25(13)39)19(31)22(34)21(33)18(14)30/h1-7,38H. The fourth-order valence-corrected chi connectivity index (χ4v) is 8.87. The summed E-state index contributed by atoms with van der Waals surface area (Å²) in [4.78, 5) is 45.2. The van der Waals surface area contributed by atoms with E-state index in [2.05, 4.69) is 132 Å². The van der Waals surface area contributed by atoms with Crippen molar-refractivity contribution in [3.05, 3.63) is 94.6 Å². The van der Waals surface area contributed by atoms with E-state index in [-0.39, 0.29) is 39.4 Å². The number of pyridine rings is 1. The van der Waals surface area contributed by atoms with Crippen LogP contribution in [-0.2, 0) is 4.79 Å². The van der Waals surface area contributed by atoms with E-state index in [1.165, 1.54) is 0 Å². The first-order valence-corrected chi connectivity index (χ1v) is 17.1. The van der Waals surface area contributed by atoms with Crippen molar-refractivity contribution in [3.63, 3.8) is 0 Å². The smallest absolute Gasteiger partial charge is 0.266 e. The van der Waals surface area contributed by atoms with Crippen LogP contribution in [0, 0.1) is 0 Å². The second-order valence-corrected chi connectivity index (χ2v) is 14.6. The Morgan fingerprint density at radius 1 is 0.800 bits per heavy atom. The minimum absolute atomic E-state index is 0.00871. The van der Waals surface area contributed by atoms with E-state index in [0.29, 0.717) is 53.1 Å². The van der Waals surface area contributed by atoms with Crippen LogP contribution in [0.15, 0.2) is 72.2 Å². The maximum Gasteiger partial charge on any atom is 0.266 e. The summed E-state index contributed by atoms with van der Waals surface area (Å²) in [6.07, 6.45) is 0.415. The molecule has 0 bridgehead atoms. The average Bonchev–Trinajstić information content (AvgIpc) is 3.21. The Morgan fingerprint density at radius 2 is 1.43 bits per heavy atom. The third kappa shape index (κ3) is 4.87. The highest BCUT2D eigenvalue weighted by molar-refractivity contribution is 9.15. The highest BCUT2D eigenvalue weighted by Gasteiger charge is 2.37. The molecule has 1 aliphatic rings. The maximum absolute atomic E-state index is 13.6. The van der Waals surface area contributed by atoms with Gasteiger partial charge in [0.1, 0.15) is 5.76 Å². The number of Topliss-reactive ketones (excluding diaryl/α,β-unsaturated/α-hetero) is 1. The molecule has 0 spiro atoms. The number of fused-ring (bicyclic) bond motifs is 2. The topological polar surface area (TPSA) is 87.6 Å². The molecule has 202 valence electrons. The van der Waals surface area contributed by atoms with Crippen LogP contribution in [0.3, 0.4) is 0 Å². The fourth-order valence-electron chi connectivity index (χ4n) is 4.20. The second kappa shape index (κ2) is 11.7. The molecule has 40 heavy (non-hydrogen) atoms. The van der Waals surface area contributed by atoms with Gasteiger partial charge in [0.25, 0.3) is 5.91 Å². The molecule has 6 nitrogen and oxygen atoms in total. The number of rotatable bonds is 4. The molecule has 0 saturated carbocycles. The predicted molar refractivity (Wildman–Crippen MR) is 183 cm³/mol. The van der Waals surface area contributed by atoms with Crippen LogP contribution in [0.25, 0.3) is 22.2 Å². The molecule has 0 saturated heterocycles. The molecular formula is C26H8Br8N2O4. The lowest BCUT2D eigenvalue weighted by Gasteiger charge is -2.19. The van der Waals surface area contributed by atoms with Gasteiger partial charge in [-0.05, 0) is 146 Å². The molecule has 3 aromatic carbocycles. The van der Waals surface area contributed by atoms with Gasteiger partial charge in [0, 0.05) is 46.7 Å². The number of halogens is 8. The molecule has 14 heteroatoms. The Balaban J connectivity index is 1.68. The zero-order valence-electron chi connectivity index (χ0n) is 19.1. The minimum atomic E-state index is -0.607. The van der Waals surface area contributed by atoms with Crippen molar-refractivity contribution in [1.29, 1.82) is 0 Å². The molecule has 2 amide bonds. The second-order valence-electron chi connectivity index (χ2n) is 8.23. The van der Waals surface area contributed by atoms with E-state index >= 15 is 0 Å². The van der Waals surface area contributed by atoms with Crippen molar-refractivity contribution in [2.24, 2.45) is 0 Å². The number of para-hydroxylation sites is 1. The lowest BCUT2D eigenvalue weighted by atomic mass is 10.0. The normalized spacial score (nSPS) is 12.8. The van der Waals surface area contributed by atoms with Crippen molar-refractivity contribution in [2.45, 2.75) is 0 Å². The fraction of sp³-hybridized carbons (Fsp3) is 0. The van der Waals surface area contributed by atoms with E-state index in [1.807, 2.05) is 0 Å². The Hall–Kier alpha value is -0.740. The number of amides is 2. The predicted octanol–water partition coefficient (Wildman–Crippen LogP) is 10.8. The molecule has 4 aromatic rings. The first-order chi connectivity index (χ1) is 18.9. The summed E-state index contributed by atoms with van der Waals surface area (Å²) < 4.78 is 4.52. The Morgan fingerprint density at radius 3 is 2.08 bits per heavy atom. The first-order valence-electron chi connectivity index (χ1n) is 10.8. The summed E-state index contributed by atoms with van der Waals surface area (Å²) in [5.74, 6) is -1.29. The molecular weight excluding hydrogens is 1040 g/mol. The van der Waals surface area contributed by atoms with Crippen LogP contribution in [0.2, 0.25) is 0 Å². The zero-order valence-corrected chi connectivity index (χ0v) is 31.8. The zero-order chi connectivity index (χ0) is 29.2. The molecule has 0 fully saturated rings. The van der Waals surface area contributed by atoms with E-state index in [0.717, 1.165) is 4.90 Å². The molecule has 0 aliphatic heterocycles. The monoisotopic (exact) mass is 1040 g/mol. The molecule has 1 aromatic heterocycles. The molecule has 0 radical (unpaired) electrons. The molecule has 0 atom stereocenters. The summed E-state index contributed by atoms with van der Waals surface area (Å²) in [7, 11) is 0. The van der Waals surface area contributed by atoms with Crippen LogP contribution in [0.5, 0.6) is 0 Å². The number of carbonyl (C=O) groups is 3. The molecule has 5 rings (SSSR count). The third-order valence-corrected chi connectivity index (χ3v) is 15.5. The summed E-state index contributed by atoms with van der Waals surface area (Å²) >= 11 is 27.5. The molecule has 0 unspecified atom stereocenters. The lowest BCUT2D eigenvalue weighted by molar-refractivity contribution is -0.106. The van der Waals surface area contributed by atoms with Gasteiger partial charge >= 0.3 is 0 Å². The summed E-state index contributed by atoms with van der Waals surface area (Å²) in [6, 6.07) is 9.96. The van der Waals surface area contributed by atoms with Crippen molar-refractivity contribution >= 4 is 173 Å². The number of carbonyl (C=O) groups excluding carboxylic acids is 3. The summed E-state index contributed by atoms with van der Waals surface area (Å²) in [5.41, 5.74) is 1.47. The van der Waals surface area contributed by atoms with Crippen LogP contribution < -0.4 is 4.90 Å². The number of hydrogen-bond acceptors (Lipinski definition) is 5. The number of hydrogen-bond donors (Lipinski definition) is 1. The van der Waals surface area contributed by atoms with E-state index in [4.69, 9.17) is 0 Å². The van der Waals surface area contributed by atoms with Crippen molar-refractivity contribution in [1.82, 2.24) is 4.98 Å². The van der Waals surface area contributed by atoms with Crippen LogP contribution >= 0.6 is 127 Å². The molecule has 1 N–H and O–H groups in total. The van der Waals surface area contributed by atoms with Gasteiger partial charge in [0.15, 0.2) is 0 Å². The highest BCUT2D eigenvalue weighted by atomic mass is 79.9. The van der Waals surface area contributed by atoms with E-state index in [9.17, 15) is 19.5 Å². The van der Waals surface area contributed by atoms with Gasteiger partial charge in [-0.2, -0.15) is 0 Å². The van der Waals surface area contributed by atoms with Crippen LogP contribution in [0.4, 0.5) is 5.69 Å². The van der Waals surface area contributed by atoms with E-state index < -0.39 is 11.7 Å². The van der Waals surface area contributed by atoms with Gasteiger partial charge < -0.3 is 5.11 Å². The molecule has 1 heterocycles. The average molecular weight is 1050 g/mol. The SMILES string of the molecule is O=CN(C(=O)c1cc(Br)c(Br)c(Br)c1Br)c1cccc2ccc(C3=C(O)c4c(Br)c(Br)c(Br)c(Br)c4C3=O)nc12. The number of nitrogens with zero attached hydrogens (tertiary/aromatic N) is 2. The number of anilines is 1. The number of ketones is 1.